The molecule has 1 amide bonds. The van der Waals surface area contributed by atoms with Gasteiger partial charge < -0.3 is 10.1 Å². The summed E-state index contributed by atoms with van der Waals surface area (Å²) >= 11 is 0. The van der Waals surface area contributed by atoms with Gasteiger partial charge in [0.05, 0.1) is 17.6 Å². The standard InChI is InChI=1S/C15H23N3O4S/c1-3-18-8-4-5-11(18)10-17-15(19)13-9-12(22-2)6-7-14(13)23(16,20)21/h6-7,9,11H,3-5,8,10H2,1-2H3,(H,17,19)(H2,16,20,21). The van der Waals surface area contributed by atoms with Crippen molar-refractivity contribution in [1.29, 1.82) is 0 Å². The van der Waals surface area contributed by atoms with E-state index < -0.39 is 15.9 Å². The molecule has 0 aliphatic carbocycles. The lowest BCUT2D eigenvalue weighted by molar-refractivity contribution is 0.0937. The predicted octanol–water partition coefficient (Wildman–Crippen LogP) is 0.557. The number of benzene rings is 1. The Balaban J connectivity index is 2.17. The number of rotatable bonds is 6. The van der Waals surface area contributed by atoms with Crippen molar-refractivity contribution in [1.82, 2.24) is 10.2 Å². The first-order valence-electron chi connectivity index (χ1n) is 7.60. The number of nitrogens with one attached hydrogen (secondary N) is 1. The summed E-state index contributed by atoms with van der Waals surface area (Å²) in [5.74, 6) is -0.0607. The third-order valence-corrected chi connectivity index (χ3v) is 5.11. The zero-order valence-corrected chi connectivity index (χ0v) is 14.2. The first-order valence-corrected chi connectivity index (χ1v) is 9.14. The van der Waals surface area contributed by atoms with Crippen molar-refractivity contribution < 1.29 is 17.9 Å². The second-order valence-electron chi connectivity index (χ2n) is 5.54. The van der Waals surface area contributed by atoms with Gasteiger partial charge in [-0.05, 0) is 44.1 Å². The minimum absolute atomic E-state index is 0.00731. The summed E-state index contributed by atoms with van der Waals surface area (Å²) in [6.07, 6.45) is 2.13. The Labute approximate surface area is 136 Å². The molecule has 0 radical (unpaired) electrons. The van der Waals surface area contributed by atoms with Crippen molar-refractivity contribution in [3.05, 3.63) is 23.8 Å². The predicted molar refractivity (Wildman–Crippen MR) is 87.0 cm³/mol. The fraction of sp³-hybridized carbons (Fsp3) is 0.533. The largest absolute Gasteiger partial charge is 0.497 e. The van der Waals surface area contributed by atoms with E-state index >= 15 is 0 Å². The Morgan fingerprint density at radius 2 is 2.22 bits per heavy atom. The van der Waals surface area contributed by atoms with E-state index in [1.807, 2.05) is 0 Å². The van der Waals surface area contributed by atoms with Crippen LogP contribution >= 0.6 is 0 Å². The number of primary sulfonamides is 1. The zero-order chi connectivity index (χ0) is 17.0. The number of hydrogen-bond acceptors (Lipinski definition) is 5. The summed E-state index contributed by atoms with van der Waals surface area (Å²) in [6, 6.07) is 4.43. The van der Waals surface area contributed by atoms with Gasteiger partial charge in [-0.25, -0.2) is 13.6 Å². The van der Waals surface area contributed by atoms with Gasteiger partial charge in [0.15, 0.2) is 0 Å². The first kappa shape index (κ1) is 17.7. The summed E-state index contributed by atoms with van der Waals surface area (Å²) in [6.45, 7) is 4.52. The van der Waals surface area contributed by atoms with Gasteiger partial charge in [0.25, 0.3) is 5.91 Å². The second kappa shape index (κ2) is 7.29. The number of methoxy groups -OCH3 is 1. The number of nitrogens with two attached hydrogens (primary N) is 1. The van der Waals surface area contributed by atoms with Crippen LogP contribution in [-0.2, 0) is 10.0 Å². The van der Waals surface area contributed by atoms with E-state index in [-0.39, 0.29) is 16.5 Å². The van der Waals surface area contributed by atoms with E-state index in [1.165, 1.54) is 25.3 Å². The summed E-state index contributed by atoms with van der Waals surface area (Å²) in [5, 5.41) is 8.00. The molecule has 1 saturated heterocycles. The average Bonchev–Trinajstić information content (AvgIpc) is 2.98. The molecule has 0 aromatic heterocycles. The maximum atomic E-state index is 12.4. The van der Waals surface area contributed by atoms with Crippen LogP contribution in [0.3, 0.4) is 0 Å². The van der Waals surface area contributed by atoms with E-state index in [4.69, 9.17) is 9.88 Å². The normalized spacial score (nSPS) is 18.8. The van der Waals surface area contributed by atoms with Gasteiger partial charge in [0.1, 0.15) is 5.75 Å². The molecule has 0 bridgehead atoms. The highest BCUT2D eigenvalue weighted by atomic mass is 32.2. The highest BCUT2D eigenvalue weighted by Crippen LogP contribution is 2.21. The number of hydrogen-bond donors (Lipinski definition) is 2. The van der Waals surface area contributed by atoms with E-state index in [0.717, 1.165) is 25.9 Å². The lowest BCUT2D eigenvalue weighted by Gasteiger charge is -2.23. The van der Waals surface area contributed by atoms with Crippen LogP contribution in [0.4, 0.5) is 0 Å². The van der Waals surface area contributed by atoms with Crippen molar-refractivity contribution in [2.45, 2.75) is 30.7 Å². The number of amides is 1. The van der Waals surface area contributed by atoms with Crippen molar-refractivity contribution in [2.75, 3.05) is 26.7 Å². The van der Waals surface area contributed by atoms with Crippen LogP contribution < -0.4 is 15.2 Å². The Morgan fingerprint density at radius 3 is 2.83 bits per heavy atom. The molecule has 0 spiro atoms. The molecule has 1 unspecified atom stereocenters. The topological polar surface area (TPSA) is 102 Å². The summed E-state index contributed by atoms with van der Waals surface area (Å²) < 4.78 is 28.4. The van der Waals surface area contributed by atoms with Crippen LogP contribution in [0.2, 0.25) is 0 Å². The van der Waals surface area contributed by atoms with Crippen LogP contribution in [0.25, 0.3) is 0 Å². The Morgan fingerprint density at radius 1 is 1.48 bits per heavy atom. The SMILES string of the molecule is CCN1CCCC1CNC(=O)c1cc(OC)ccc1S(N)(=O)=O. The molecule has 7 nitrogen and oxygen atoms in total. The maximum absolute atomic E-state index is 12.4. The fourth-order valence-electron chi connectivity index (χ4n) is 2.91. The Hall–Kier alpha value is -1.64. The molecule has 1 aromatic carbocycles. The molecule has 1 aliphatic heterocycles. The van der Waals surface area contributed by atoms with Crippen LogP contribution in [0, 0.1) is 0 Å². The van der Waals surface area contributed by atoms with Crippen molar-refractivity contribution in [3.63, 3.8) is 0 Å². The zero-order valence-electron chi connectivity index (χ0n) is 13.4. The summed E-state index contributed by atoms with van der Waals surface area (Å²) in [4.78, 5) is 14.5. The highest BCUT2D eigenvalue weighted by molar-refractivity contribution is 7.89. The number of likely N-dealkylation sites (tertiary alicyclic amines) is 1. The van der Waals surface area contributed by atoms with Gasteiger partial charge in [-0.1, -0.05) is 6.92 Å². The number of nitrogens with zero attached hydrogens (tertiary/aromatic N) is 1. The average molecular weight is 341 g/mol. The molecule has 2 rings (SSSR count). The minimum Gasteiger partial charge on any atom is -0.497 e. The Kier molecular flexibility index (Phi) is 5.61. The Bertz CT molecular complexity index is 675. The van der Waals surface area contributed by atoms with Crippen molar-refractivity contribution in [3.8, 4) is 5.75 Å². The van der Waals surface area contributed by atoms with Gasteiger partial charge in [-0.15, -0.1) is 0 Å². The number of ether oxygens (including phenoxy) is 1. The van der Waals surface area contributed by atoms with E-state index in [9.17, 15) is 13.2 Å². The molecule has 3 N–H and O–H groups in total. The molecule has 1 atom stereocenters. The van der Waals surface area contributed by atoms with Gasteiger partial charge in [0.2, 0.25) is 10.0 Å². The molecule has 8 heteroatoms. The van der Waals surface area contributed by atoms with Crippen LogP contribution in [0.1, 0.15) is 30.1 Å². The van der Waals surface area contributed by atoms with Gasteiger partial charge in [-0.3, -0.25) is 9.69 Å². The molecule has 128 valence electrons. The van der Waals surface area contributed by atoms with E-state index in [0.29, 0.717) is 12.3 Å². The lowest BCUT2D eigenvalue weighted by Crippen LogP contribution is -2.40. The quantitative estimate of drug-likeness (QED) is 0.787. The number of likely N-dealkylation sites (N-methyl/N-ethyl adjacent to an activating group) is 1. The fourth-order valence-corrected chi connectivity index (χ4v) is 3.63. The van der Waals surface area contributed by atoms with Gasteiger partial charge in [0, 0.05) is 12.6 Å². The van der Waals surface area contributed by atoms with Crippen LogP contribution in [-0.4, -0.2) is 52.0 Å². The van der Waals surface area contributed by atoms with Crippen molar-refractivity contribution >= 4 is 15.9 Å². The molecular weight excluding hydrogens is 318 g/mol. The number of carbonyl (C=O) groups is 1. The lowest BCUT2D eigenvalue weighted by atomic mass is 10.1. The third-order valence-electron chi connectivity index (χ3n) is 4.14. The van der Waals surface area contributed by atoms with E-state index in [1.54, 1.807) is 0 Å². The molecule has 1 aromatic rings. The third kappa shape index (κ3) is 4.21. The molecule has 23 heavy (non-hydrogen) atoms. The van der Waals surface area contributed by atoms with Crippen LogP contribution in [0.5, 0.6) is 5.75 Å². The highest BCUT2D eigenvalue weighted by Gasteiger charge is 2.25. The molecule has 0 saturated carbocycles. The molecule has 1 heterocycles. The van der Waals surface area contributed by atoms with Crippen LogP contribution in [0.15, 0.2) is 23.1 Å². The minimum atomic E-state index is -3.98. The first-order chi connectivity index (χ1) is 10.9. The van der Waals surface area contributed by atoms with Crippen molar-refractivity contribution in [2.24, 2.45) is 5.14 Å². The number of carbonyl (C=O) groups excluding carboxylic acids is 1. The van der Waals surface area contributed by atoms with E-state index in [2.05, 4.69) is 17.1 Å². The summed E-state index contributed by atoms with van der Waals surface area (Å²) in [7, 11) is -2.53. The molecule has 1 aliphatic rings. The second-order valence-corrected chi connectivity index (χ2v) is 7.07. The monoisotopic (exact) mass is 341 g/mol. The smallest absolute Gasteiger partial charge is 0.252 e. The summed E-state index contributed by atoms with van der Waals surface area (Å²) in [5.41, 5.74) is 0.00731. The maximum Gasteiger partial charge on any atom is 0.252 e. The van der Waals surface area contributed by atoms with Gasteiger partial charge in [-0.2, -0.15) is 0 Å². The molecule has 1 fully saturated rings. The van der Waals surface area contributed by atoms with Gasteiger partial charge >= 0.3 is 0 Å². The number of sulfonamides is 1. The molecular formula is C15H23N3O4S.